The minimum Gasteiger partial charge on any atom is -0.477 e. The zero-order valence-corrected chi connectivity index (χ0v) is 12.0. The van der Waals surface area contributed by atoms with Crippen LogP contribution >= 0.6 is 0 Å². The molecular weight excluding hydrogens is 264 g/mol. The molecule has 4 nitrogen and oxygen atoms in total. The Balaban J connectivity index is 2.06. The van der Waals surface area contributed by atoms with Crippen molar-refractivity contribution in [1.82, 2.24) is 9.55 Å². The first-order chi connectivity index (χ1) is 10.0. The lowest BCUT2D eigenvalue weighted by Gasteiger charge is -2.09. The van der Waals surface area contributed by atoms with Gasteiger partial charge in [-0.2, -0.15) is 0 Å². The van der Waals surface area contributed by atoms with E-state index in [1.54, 1.807) is 12.3 Å². The highest BCUT2D eigenvalue weighted by Crippen LogP contribution is 2.21. The molecule has 0 aliphatic carbocycles. The minimum atomic E-state index is -0.999. The Morgan fingerprint density at radius 2 is 2.05 bits per heavy atom. The molecule has 21 heavy (non-hydrogen) atoms. The van der Waals surface area contributed by atoms with Crippen molar-refractivity contribution < 1.29 is 9.90 Å². The molecule has 3 aromatic rings. The summed E-state index contributed by atoms with van der Waals surface area (Å²) >= 11 is 0. The predicted octanol–water partition coefficient (Wildman–Crippen LogP) is 3.40. The third-order valence-corrected chi connectivity index (χ3v) is 3.64. The number of carboxylic acids is 1. The van der Waals surface area contributed by atoms with Gasteiger partial charge in [0.15, 0.2) is 0 Å². The summed E-state index contributed by atoms with van der Waals surface area (Å²) in [6, 6.07) is 12.0. The van der Waals surface area contributed by atoms with Crippen molar-refractivity contribution in [1.29, 1.82) is 0 Å². The summed E-state index contributed by atoms with van der Waals surface area (Å²) in [7, 11) is 0. The van der Waals surface area contributed by atoms with Crippen LogP contribution in [0.25, 0.3) is 10.9 Å². The van der Waals surface area contributed by atoms with Crippen LogP contribution in [0.4, 0.5) is 0 Å². The summed E-state index contributed by atoms with van der Waals surface area (Å²) in [6.45, 7) is 4.85. The van der Waals surface area contributed by atoms with Crippen LogP contribution in [0.1, 0.15) is 27.3 Å². The van der Waals surface area contributed by atoms with Gasteiger partial charge in [-0.3, -0.25) is 0 Å². The van der Waals surface area contributed by atoms with E-state index in [0.29, 0.717) is 0 Å². The quantitative estimate of drug-likeness (QED) is 0.800. The molecule has 2 aromatic heterocycles. The van der Waals surface area contributed by atoms with Crippen molar-refractivity contribution in [2.24, 2.45) is 0 Å². The van der Waals surface area contributed by atoms with Gasteiger partial charge in [0.25, 0.3) is 0 Å². The van der Waals surface area contributed by atoms with E-state index in [0.717, 1.165) is 23.1 Å². The number of nitrogens with zero attached hydrogens (tertiary/aromatic N) is 2. The molecule has 0 aliphatic heterocycles. The Bertz CT molecular complexity index is 834. The van der Waals surface area contributed by atoms with Gasteiger partial charge >= 0.3 is 5.97 Å². The lowest BCUT2D eigenvalue weighted by Crippen LogP contribution is -2.03. The maximum absolute atomic E-state index is 11.0. The van der Waals surface area contributed by atoms with E-state index in [-0.39, 0.29) is 5.69 Å². The number of hydrogen-bond acceptors (Lipinski definition) is 2. The van der Waals surface area contributed by atoms with Crippen LogP contribution in [-0.2, 0) is 6.54 Å². The van der Waals surface area contributed by atoms with Gasteiger partial charge in [0.2, 0.25) is 0 Å². The lowest BCUT2D eigenvalue weighted by atomic mass is 10.1. The molecule has 1 aromatic carbocycles. The van der Waals surface area contributed by atoms with Gasteiger partial charge in [-0.1, -0.05) is 29.8 Å². The summed E-state index contributed by atoms with van der Waals surface area (Å²) in [5, 5.41) is 9.93. The third kappa shape index (κ3) is 2.52. The molecule has 0 saturated heterocycles. The normalized spacial score (nSPS) is 11.0. The third-order valence-electron chi connectivity index (χ3n) is 3.64. The fourth-order valence-electron chi connectivity index (χ4n) is 2.62. The molecule has 0 atom stereocenters. The highest BCUT2D eigenvalue weighted by molar-refractivity contribution is 5.91. The van der Waals surface area contributed by atoms with Crippen LogP contribution < -0.4 is 0 Å². The molecule has 0 saturated carbocycles. The van der Waals surface area contributed by atoms with E-state index in [2.05, 4.69) is 34.7 Å². The van der Waals surface area contributed by atoms with Crippen molar-refractivity contribution >= 4 is 16.9 Å². The van der Waals surface area contributed by atoms with Crippen LogP contribution in [0, 0.1) is 13.8 Å². The van der Waals surface area contributed by atoms with Gasteiger partial charge < -0.3 is 9.67 Å². The number of carbonyl (C=O) groups is 1. The van der Waals surface area contributed by atoms with Gasteiger partial charge in [0.1, 0.15) is 5.69 Å². The minimum absolute atomic E-state index is 0.0789. The van der Waals surface area contributed by atoms with Crippen molar-refractivity contribution in [3.8, 4) is 0 Å². The molecule has 106 valence electrons. The lowest BCUT2D eigenvalue weighted by molar-refractivity contribution is 0.0690. The standard InChI is InChI=1S/C17H16N2O2/c1-11-4-3-5-13(6-11)10-19-12(2)7-14-8-15(17(20)21)18-9-16(14)19/h3-9H,10H2,1-2H3,(H,20,21). The van der Waals surface area contributed by atoms with Gasteiger partial charge in [-0.05, 0) is 31.5 Å². The van der Waals surface area contributed by atoms with Crippen LogP contribution in [0.3, 0.4) is 0 Å². The Morgan fingerprint density at radius 3 is 2.76 bits per heavy atom. The zero-order valence-electron chi connectivity index (χ0n) is 12.0. The van der Waals surface area contributed by atoms with Crippen molar-refractivity contribution in [3.05, 3.63) is 65.1 Å². The molecule has 0 amide bonds. The smallest absolute Gasteiger partial charge is 0.354 e. The van der Waals surface area contributed by atoms with Crippen LogP contribution in [0.15, 0.2) is 42.6 Å². The molecule has 0 fully saturated rings. The number of aromatic nitrogens is 2. The number of pyridine rings is 1. The molecule has 2 heterocycles. The monoisotopic (exact) mass is 280 g/mol. The number of fused-ring (bicyclic) bond motifs is 1. The summed E-state index contributed by atoms with van der Waals surface area (Å²) < 4.78 is 2.16. The van der Waals surface area contributed by atoms with Gasteiger partial charge in [0.05, 0.1) is 11.7 Å². The molecule has 1 N–H and O–H groups in total. The maximum Gasteiger partial charge on any atom is 0.354 e. The Hall–Kier alpha value is -2.62. The van der Waals surface area contributed by atoms with Gasteiger partial charge in [0, 0.05) is 17.6 Å². The highest BCUT2D eigenvalue weighted by Gasteiger charge is 2.11. The first-order valence-corrected chi connectivity index (χ1v) is 6.79. The molecular formula is C17H16N2O2. The van der Waals surface area contributed by atoms with Gasteiger partial charge in [-0.25, -0.2) is 9.78 Å². The SMILES string of the molecule is Cc1cccc(Cn2c(C)cc3cc(C(=O)O)ncc32)c1. The van der Waals surface area contributed by atoms with Crippen LogP contribution in [-0.4, -0.2) is 20.6 Å². The molecule has 0 bridgehead atoms. The Labute approximate surface area is 122 Å². The van der Waals surface area contributed by atoms with E-state index >= 15 is 0 Å². The van der Waals surface area contributed by atoms with Crippen molar-refractivity contribution in [2.75, 3.05) is 0 Å². The second kappa shape index (κ2) is 5.05. The van der Waals surface area contributed by atoms with Gasteiger partial charge in [-0.15, -0.1) is 0 Å². The van der Waals surface area contributed by atoms with E-state index in [1.807, 2.05) is 19.1 Å². The zero-order chi connectivity index (χ0) is 15.0. The largest absolute Gasteiger partial charge is 0.477 e. The number of benzene rings is 1. The molecule has 3 rings (SSSR count). The summed E-state index contributed by atoms with van der Waals surface area (Å²) in [5.41, 5.74) is 4.58. The van der Waals surface area contributed by atoms with E-state index in [9.17, 15) is 4.79 Å². The summed E-state index contributed by atoms with van der Waals surface area (Å²) in [6.07, 6.45) is 1.64. The molecule has 0 aliphatic rings. The fourth-order valence-corrected chi connectivity index (χ4v) is 2.62. The Morgan fingerprint density at radius 1 is 1.24 bits per heavy atom. The van der Waals surface area contributed by atoms with Crippen molar-refractivity contribution in [2.45, 2.75) is 20.4 Å². The number of carboxylic acid groups (broad SMARTS) is 1. The Kier molecular flexibility index (Phi) is 3.22. The van der Waals surface area contributed by atoms with Crippen LogP contribution in [0.5, 0.6) is 0 Å². The number of hydrogen-bond donors (Lipinski definition) is 1. The average Bonchev–Trinajstić information content (AvgIpc) is 2.74. The number of aryl methyl sites for hydroxylation is 2. The van der Waals surface area contributed by atoms with Crippen LogP contribution in [0.2, 0.25) is 0 Å². The average molecular weight is 280 g/mol. The first-order valence-electron chi connectivity index (χ1n) is 6.79. The molecule has 0 spiro atoms. The molecule has 4 heteroatoms. The van der Waals surface area contributed by atoms with E-state index in [1.165, 1.54) is 11.1 Å². The number of aromatic carboxylic acids is 1. The second-order valence-electron chi connectivity index (χ2n) is 5.29. The number of rotatable bonds is 3. The predicted molar refractivity (Wildman–Crippen MR) is 81.7 cm³/mol. The maximum atomic E-state index is 11.0. The fraction of sp³-hybridized carbons (Fsp3) is 0.176. The van der Waals surface area contributed by atoms with E-state index < -0.39 is 5.97 Å². The summed E-state index contributed by atoms with van der Waals surface area (Å²) in [5.74, 6) is -0.999. The highest BCUT2D eigenvalue weighted by atomic mass is 16.4. The summed E-state index contributed by atoms with van der Waals surface area (Å²) in [4.78, 5) is 15.0. The second-order valence-corrected chi connectivity index (χ2v) is 5.29. The van der Waals surface area contributed by atoms with Crippen molar-refractivity contribution in [3.63, 3.8) is 0 Å². The van der Waals surface area contributed by atoms with E-state index in [4.69, 9.17) is 5.11 Å². The topological polar surface area (TPSA) is 55.1 Å². The first kappa shape index (κ1) is 13.4. The molecule has 0 unspecified atom stereocenters. The molecule has 0 radical (unpaired) electrons.